The van der Waals surface area contributed by atoms with Crippen LogP contribution in [0, 0.1) is 6.92 Å². The number of rotatable bonds is 4. The van der Waals surface area contributed by atoms with Crippen LogP contribution in [0.1, 0.15) is 47.3 Å². The number of thiophene rings is 1. The van der Waals surface area contributed by atoms with Crippen LogP contribution in [0.4, 0.5) is 11.5 Å². The highest BCUT2D eigenvalue weighted by molar-refractivity contribution is 7.20. The van der Waals surface area contributed by atoms with E-state index < -0.39 is 0 Å². The molecule has 0 atom stereocenters. The van der Waals surface area contributed by atoms with E-state index in [1.807, 2.05) is 49.2 Å². The van der Waals surface area contributed by atoms with Crippen molar-refractivity contribution in [2.75, 3.05) is 11.9 Å². The van der Waals surface area contributed by atoms with Crippen LogP contribution in [-0.2, 0) is 4.74 Å². The zero-order valence-electron chi connectivity index (χ0n) is 15.9. The van der Waals surface area contributed by atoms with E-state index in [4.69, 9.17) is 16.3 Å². The highest BCUT2D eigenvalue weighted by Gasteiger charge is 2.25. The topological polar surface area (TPSA) is 55.3 Å². The fourth-order valence-corrected chi connectivity index (χ4v) is 4.96. The molecule has 0 amide bonds. The lowest BCUT2D eigenvalue weighted by molar-refractivity contribution is 0.0216. The number of hydrogen-bond acceptors (Lipinski definition) is 6. The zero-order valence-corrected chi connectivity index (χ0v) is 17.5. The molecule has 7 heteroatoms. The van der Waals surface area contributed by atoms with Crippen LogP contribution >= 0.6 is 22.9 Å². The van der Waals surface area contributed by atoms with Crippen molar-refractivity contribution in [3.05, 3.63) is 46.1 Å². The minimum atomic E-state index is -0.267. The second-order valence-corrected chi connectivity index (χ2v) is 8.45. The number of carbonyl (C=O) groups is 1. The Kier molecular flexibility index (Phi) is 5.51. The lowest BCUT2D eigenvalue weighted by Crippen LogP contribution is -2.20. The molecule has 3 aromatic rings. The number of esters is 1. The van der Waals surface area contributed by atoms with Crippen molar-refractivity contribution < 1.29 is 9.53 Å². The van der Waals surface area contributed by atoms with Gasteiger partial charge in [-0.25, -0.2) is 9.78 Å². The van der Waals surface area contributed by atoms with Crippen LogP contribution in [0.15, 0.2) is 30.3 Å². The van der Waals surface area contributed by atoms with Crippen molar-refractivity contribution in [1.29, 1.82) is 0 Å². The maximum Gasteiger partial charge on any atom is 0.348 e. The van der Waals surface area contributed by atoms with Crippen LogP contribution < -0.4 is 4.90 Å². The van der Waals surface area contributed by atoms with Crippen molar-refractivity contribution in [3.63, 3.8) is 0 Å². The Balaban J connectivity index is 1.73. The van der Waals surface area contributed by atoms with Crippen LogP contribution in [0.5, 0.6) is 0 Å². The Morgan fingerprint density at radius 1 is 1.18 bits per heavy atom. The predicted octanol–water partition coefficient (Wildman–Crippen LogP) is 5.91. The molecule has 1 aromatic carbocycles. The molecule has 0 saturated heterocycles. The number of para-hydroxylation sites is 1. The lowest BCUT2D eigenvalue weighted by Gasteiger charge is -2.21. The molecule has 2 heterocycles. The normalized spacial score (nSPS) is 15.0. The number of anilines is 2. The van der Waals surface area contributed by atoms with Gasteiger partial charge in [0.2, 0.25) is 5.28 Å². The first-order valence-electron chi connectivity index (χ1n) is 9.51. The first-order valence-corrected chi connectivity index (χ1v) is 10.7. The molecule has 0 unspecified atom stereocenters. The number of halogens is 1. The minimum absolute atomic E-state index is 0.0204. The molecule has 1 fully saturated rings. The van der Waals surface area contributed by atoms with Gasteiger partial charge in [0.05, 0.1) is 5.39 Å². The molecule has 1 aliphatic carbocycles. The SMILES string of the molecule is Cc1c(C(=O)OC2CCCCC2)sc2nc(Cl)nc(N(C)c3ccccc3)c12. The smallest absolute Gasteiger partial charge is 0.348 e. The summed E-state index contributed by atoms with van der Waals surface area (Å²) in [5.41, 5.74) is 1.82. The molecule has 1 aliphatic rings. The third-order valence-corrected chi connectivity index (χ3v) is 6.55. The minimum Gasteiger partial charge on any atom is -0.458 e. The second-order valence-electron chi connectivity index (χ2n) is 7.11. The maximum absolute atomic E-state index is 12.8. The molecule has 28 heavy (non-hydrogen) atoms. The van der Waals surface area contributed by atoms with Gasteiger partial charge in [-0.05, 0) is 61.9 Å². The summed E-state index contributed by atoms with van der Waals surface area (Å²) in [4.78, 5) is 24.9. The van der Waals surface area contributed by atoms with Gasteiger partial charge < -0.3 is 9.64 Å². The number of fused-ring (bicyclic) bond motifs is 1. The van der Waals surface area contributed by atoms with E-state index >= 15 is 0 Å². The Bertz CT molecular complexity index is 1000. The Hall–Kier alpha value is -2.18. The highest BCUT2D eigenvalue weighted by Crippen LogP contribution is 2.38. The molecule has 146 valence electrons. The number of carbonyl (C=O) groups excluding carboxylic acids is 1. The van der Waals surface area contributed by atoms with E-state index in [9.17, 15) is 4.79 Å². The van der Waals surface area contributed by atoms with Crippen molar-refractivity contribution in [2.45, 2.75) is 45.1 Å². The van der Waals surface area contributed by atoms with Gasteiger partial charge in [-0.3, -0.25) is 0 Å². The molecule has 0 bridgehead atoms. The van der Waals surface area contributed by atoms with Crippen molar-refractivity contribution in [2.24, 2.45) is 0 Å². The number of hydrogen-bond donors (Lipinski definition) is 0. The third kappa shape index (κ3) is 3.71. The largest absolute Gasteiger partial charge is 0.458 e. The number of ether oxygens (including phenoxy) is 1. The van der Waals surface area contributed by atoms with Crippen LogP contribution in [-0.4, -0.2) is 29.1 Å². The van der Waals surface area contributed by atoms with Gasteiger partial charge >= 0.3 is 5.97 Å². The average Bonchev–Trinajstić information content (AvgIpc) is 3.04. The molecule has 0 aliphatic heterocycles. The lowest BCUT2D eigenvalue weighted by atomic mass is 9.98. The van der Waals surface area contributed by atoms with E-state index in [-0.39, 0.29) is 17.4 Å². The Morgan fingerprint density at radius 3 is 2.61 bits per heavy atom. The third-order valence-electron chi connectivity index (χ3n) is 5.22. The van der Waals surface area contributed by atoms with Crippen molar-refractivity contribution in [3.8, 4) is 0 Å². The number of aromatic nitrogens is 2. The quantitative estimate of drug-likeness (QED) is 0.391. The highest BCUT2D eigenvalue weighted by atomic mass is 35.5. The fourth-order valence-electron chi connectivity index (χ4n) is 3.69. The number of benzene rings is 1. The van der Waals surface area contributed by atoms with Crippen LogP contribution in [0.2, 0.25) is 5.28 Å². The average molecular weight is 416 g/mol. The molecule has 4 rings (SSSR count). The molecule has 0 spiro atoms. The van der Waals surface area contributed by atoms with Crippen LogP contribution in [0.25, 0.3) is 10.2 Å². The first-order chi connectivity index (χ1) is 13.5. The van der Waals surface area contributed by atoms with E-state index in [2.05, 4.69) is 9.97 Å². The Labute approximate surface area is 173 Å². The molecule has 0 radical (unpaired) electrons. The van der Waals surface area contributed by atoms with Crippen LogP contribution in [0.3, 0.4) is 0 Å². The number of nitrogens with zero attached hydrogens (tertiary/aromatic N) is 3. The predicted molar refractivity (Wildman–Crippen MR) is 114 cm³/mol. The van der Waals surface area contributed by atoms with Gasteiger partial charge in [-0.2, -0.15) is 4.98 Å². The molecule has 5 nitrogen and oxygen atoms in total. The Morgan fingerprint density at radius 2 is 1.89 bits per heavy atom. The molecular weight excluding hydrogens is 394 g/mol. The summed E-state index contributed by atoms with van der Waals surface area (Å²) in [7, 11) is 1.94. The molecule has 2 aromatic heterocycles. The van der Waals surface area contributed by atoms with E-state index in [1.165, 1.54) is 17.8 Å². The monoisotopic (exact) mass is 415 g/mol. The zero-order chi connectivity index (χ0) is 19.7. The summed E-state index contributed by atoms with van der Waals surface area (Å²) in [5, 5.41) is 1.01. The maximum atomic E-state index is 12.8. The summed E-state index contributed by atoms with van der Waals surface area (Å²) in [5.74, 6) is 0.420. The molecule has 1 saturated carbocycles. The van der Waals surface area contributed by atoms with E-state index in [0.29, 0.717) is 15.5 Å². The number of aryl methyl sites for hydroxylation is 1. The summed E-state index contributed by atoms with van der Waals surface area (Å²) >= 11 is 7.52. The van der Waals surface area contributed by atoms with Gasteiger partial charge in [0.1, 0.15) is 21.6 Å². The molecular formula is C21H22ClN3O2S. The van der Waals surface area contributed by atoms with Crippen molar-refractivity contribution >= 4 is 50.6 Å². The van der Waals surface area contributed by atoms with Crippen molar-refractivity contribution in [1.82, 2.24) is 9.97 Å². The van der Waals surface area contributed by atoms with E-state index in [0.717, 1.165) is 42.3 Å². The van der Waals surface area contributed by atoms with Gasteiger partial charge in [0, 0.05) is 12.7 Å². The summed E-state index contributed by atoms with van der Waals surface area (Å²) in [6, 6.07) is 9.91. The van der Waals surface area contributed by atoms with Gasteiger partial charge in [0.15, 0.2) is 0 Å². The fraction of sp³-hybridized carbons (Fsp3) is 0.381. The molecule has 0 N–H and O–H groups in total. The second kappa shape index (κ2) is 8.05. The van der Waals surface area contributed by atoms with Gasteiger partial charge in [0.25, 0.3) is 0 Å². The summed E-state index contributed by atoms with van der Waals surface area (Å²) in [6.45, 7) is 1.93. The summed E-state index contributed by atoms with van der Waals surface area (Å²) in [6.07, 6.45) is 5.38. The van der Waals surface area contributed by atoms with Gasteiger partial charge in [-0.1, -0.05) is 24.6 Å². The van der Waals surface area contributed by atoms with Gasteiger partial charge in [-0.15, -0.1) is 11.3 Å². The van der Waals surface area contributed by atoms with E-state index in [1.54, 1.807) is 0 Å². The first kappa shape index (κ1) is 19.2. The standard InChI is InChI=1S/C21H22ClN3O2S/c1-13-16-18(25(2)14-9-5-3-6-10-14)23-21(22)24-19(16)28-17(13)20(26)27-15-11-7-4-8-12-15/h3,5-6,9-10,15H,4,7-8,11-12H2,1-2H3. The summed E-state index contributed by atoms with van der Waals surface area (Å²) < 4.78 is 5.78.